The molecule has 1 saturated carbocycles. The minimum atomic E-state index is -0.502. The van der Waals surface area contributed by atoms with Gasteiger partial charge in [0.05, 0.1) is 0 Å². The van der Waals surface area contributed by atoms with Crippen LogP contribution in [0.3, 0.4) is 0 Å². The van der Waals surface area contributed by atoms with Crippen molar-refractivity contribution >= 4 is 0 Å². The third-order valence-electron chi connectivity index (χ3n) is 7.12. The van der Waals surface area contributed by atoms with E-state index in [1.165, 1.54) is 12.8 Å². The van der Waals surface area contributed by atoms with Crippen LogP contribution in [-0.2, 0) is 14.2 Å². The van der Waals surface area contributed by atoms with Crippen LogP contribution in [0.25, 0.3) is 0 Å². The smallest absolute Gasteiger partial charge is 0.205 e. The SMILES string of the molecule is C[C@H]1[C@@H](Oc2ccccc2)O[C@@H]2O[C@@]3(C)CC[C@H]4[C@H](C)CC[C@@H]1[C@@]24O3. The van der Waals surface area contributed by atoms with Crippen LogP contribution >= 0.6 is 0 Å². The van der Waals surface area contributed by atoms with E-state index < -0.39 is 5.79 Å². The zero-order valence-electron chi connectivity index (χ0n) is 15.3. The van der Waals surface area contributed by atoms with Gasteiger partial charge in [0, 0.05) is 18.3 Å². The van der Waals surface area contributed by atoms with Crippen molar-refractivity contribution in [2.24, 2.45) is 23.7 Å². The van der Waals surface area contributed by atoms with Gasteiger partial charge in [0.2, 0.25) is 6.29 Å². The van der Waals surface area contributed by atoms with Gasteiger partial charge >= 0.3 is 0 Å². The van der Waals surface area contributed by atoms with E-state index in [9.17, 15) is 0 Å². The molecular formula is C21H28O4. The fraction of sp³-hybridized carbons (Fsp3) is 0.714. The Hall–Kier alpha value is -1.10. The maximum Gasteiger partial charge on any atom is 0.205 e. The highest BCUT2D eigenvalue weighted by molar-refractivity contribution is 5.21. The molecule has 1 aliphatic carbocycles. The Morgan fingerprint density at radius 2 is 1.84 bits per heavy atom. The Bertz CT molecular complexity index is 649. The molecule has 8 atom stereocenters. The van der Waals surface area contributed by atoms with Gasteiger partial charge < -0.3 is 18.9 Å². The Balaban J connectivity index is 1.49. The van der Waals surface area contributed by atoms with Crippen molar-refractivity contribution < 1.29 is 18.9 Å². The van der Waals surface area contributed by atoms with Crippen LogP contribution in [0.4, 0.5) is 0 Å². The molecule has 3 heterocycles. The maximum atomic E-state index is 6.68. The first kappa shape index (κ1) is 16.1. The summed E-state index contributed by atoms with van der Waals surface area (Å²) in [7, 11) is 0. The van der Waals surface area contributed by atoms with Gasteiger partial charge in [-0.2, -0.15) is 0 Å². The quantitative estimate of drug-likeness (QED) is 0.800. The summed E-state index contributed by atoms with van der Waals surface area (Å²) < 4.78 is 25.7. The molecule has 0 amide bonds. The minimum Gasteiger partial charge on any atom is -0.465 e. The number of fused-ring (bicyclic) bond motifs is 1. The van der Waals surface area contributed by atoms with Crippen LogP contribution in [0.2, 0.25) is 0 Å². The van der Waals surface area contributed by atoms with E-state index in [4.69, 9.17) is 18.9 Å². The zero-order chi connectivity index (χ0) is 17.2. The van der Waals surface area contributed by atoms with Crippen LogP contribution < -0.4 is 4.74 Å². The lowest BCUT2D eigenvalue weighted by molar-refractivity contribution is -0.320. The lowest BCUT2D eigenvalue weighted by Crippen LogP contribution is -2.66. The second kappa shape index (κ2) is 5.45. The molecule has 0 aromatic heterocycles. The summed E-state index contributed by atoms with van der Waals surface area (Å²) in [5.41, 5.74) is -0.291. The van der Waals surface area contributed by atoms with Crippen molar-refractivity contribution in [3.8, 4) is 5.75 Å². The highest BCUT2D eigenvalue weighted by Crippen LogP contribution is 2.63. The van der Waals surface area contributed by atoms with E-state index in [2.05, 4.69) is 20.8 Å². The van der Waals surface area contributed by atoms with E-state index in [1.807, 2.05) is 30.3 Å². The number of ether oxygens (including phenoxy) is 4. The third kappa shape index (κ3) is 2.23. The fourth-order valence-corrected chi connectivity index (χ4v) is 5.90. The largest absolute Gasteiger partial charge is 0.465 e. The van der Waals surface area contributed by atoms with Crippen molar-refractivity contribution in [1.82, 2.24) is 0 Å². The predicted octanol–water partition coefficient (Wildman–Crippen LogP) is 4.34. The van der Waals surface area contributed by atoms with Crippen molar-refractivity contribution in [1.29, 1.82) is 0 Å². The Morgan fingerprint density at radius 1 is 1.04 bits per heavy atom. The lowest BCUT2D eigenvalue weighted by Gasteiger charge is -2.58. The highest BCUT2D eigenvalue weighted by Gasteiger charge is 2.71. The summed E-state index contributed by atoms with van der Waals surface area (Å²) in [6, 6.07) is 9.95. The molecule has 0 radical (unpaired) electrons. The minimum absolute atomic E-state index is 0.274. The lowest BCUT2D eigenvalue weighted by atomic mass is 9.57. The van der Waals surface area contributed by atoms with Crippen LogP contribution in [0.1, 0.15) is 46.5 Å². The molecule has 4 heteroatoms. The maximum absolute atomic E-state index is 6.68. The fourth-order valence-electron chi connectivity index (χ4n) is 5.90. The van der Waals surface area contributed by atoms with Gasteiger partial charge in [-0.25, -0.2) is 0 Å². The number of hydrogen-bond acceptors (Lipinski definition) is 4. The molecule has 2 bridgehead atoms. The summed E-state index contributed by atoms with van der Waals surface area (Å²) in [6.07, 6.45) is 3.94. The number of para-hydroxylation sites is 1. The molecule has 0 unspecified atom stereocenters. The van der Waals surface area contributed by atoms with Gasteiger partial charge in [-0.15, -0.1) is 0 Å². The molecular weight excluding hydrogens is 316 g/mol. The number of hydrogen-bond donors (Lipinski definition) is 0. The molecule has 136 valence electrons. The summed E-state index contributed by atoms with van der Waals surface area (Å²) in [6.45, 7) is 6.70. The second-order valence-corrected chi connectivity index (χ2v) is 8.64. The molecule has 4 nitrogen and oxygen atoms in total. The number of benzene rings is 1. The summed E-state index contributed by atoms with van der Waals surface area (Å²) in [5.74, 6) is 2.22. The molecule has 3 aliphatic heterocycles. The van der Waals surface area contributed by atoms with Gasteiger partial charge in [0.1, 0.15) is 11.4 Å². The van der Waals surface area contributed by atoms with Crippen LogP contribution in [0.15, 0.2) is 30.3 Å². The summed E-state index contributed by atoms with van der Waals surface area (Å²) in [4.78, 5) is 0. The molecule has 0 N–H and O–H groups in total. The molecule has 1 aromatic rings. The average Bonchev–Trinajstić information content (AvgIpc) is 2.81. The first-order valence-electron chi connectivity index (χ1n) is 9.77. The van der Waals surface area contributed by atoms with Gasteiger partial charge in [-0.3, -0.25) is 0 Å². The van der Waals surface area contributed by atoms with Crippen LogP contribution in [0, 0.1) is 23.7 Å². The van der Waals surface area contributed by atoms with Crippen LogP contribution in [-0.4, -0.2) is 24.0 Å². The standard InChI is InChI=1S/C21H28O4/c1-13-9-10-17-14(2)18(22-15-7-5-4-6-8-15)23-19-21(17)16(13)11-12-20(3,24-19)25-21/h4-8,13-14,16-19H,9-12H2,1-3H3/t13-,14-,16+,17+,18+,19-,20-,21-/m1/s1. The zero-order valence-corrected chi connectivity index (χ0v) is 15.3. The van der Waals surface area contributed by atoms with E-state index >= 15 is 0 Å². The van der Waals surface area contributed by atoms with Crippen molar-refractivity contribution in [3.05, 3.63) is 30.3 Å². The molecule has 1 aromatic carbocycles. The highest BCUT2D eigenvalue weighted by atomic mass is 16.9. The Kier molecular flexibility index (Phi) is 3.51. The predicted molar refractivity (Wildman–Crippen MR) is 92.8 cm³/mol. The Labute approximate surface area is 149 Å². The average molecular weight is 344 g/mol. The topological polar surface area (TPSA) is 36.9 Å². The summed E-state index contributed by atoms with van der Waals surface area (Å²) in [5, 5.41) is 0. The van der Waals surface area contributed by atoms with E-state index in [1.54, 1.807) is 0 Å². The van der Waals surface area contributed by atoms with E-state index in [-0.39, 0.29) is 24.1 Å². The normalized spacial score (nSPS) is 51.0. The number of rotatable bonds is 2. The molecule has 3 saturated heterocycles. The molecule has 5 rings (SSSR count). The molecule has 4 aliphatic rings. The first-order chi connectivity index (χ1) is 12.0. The van der Waals surface area contributed by atoms with E-state index in [0.717, 1.165) is 18.6 Å². The van der Waals surface area contributed by atoms with Crippen molar-refractivity contribution in [2.75, 3.05) is 0 Å². The van der Waals surface area contributed by atoms with Crippen LogP contribution in [0.5, 0.6) is 5.75 Å². The Morgan fingerprint density at radius 3 is 2.64 bits per heavy atom. The van der Waals surface area contributed by atoms with Crippen molar-refractivity contribution in [3.63, 3.8) is 0 Å². The van der Waals surface area contributed by atoms with E-state index in [0.29, 0.717) is 17.8 Å². The van der Waals surface area contributed by atoms with Gasteiger partial charge in [-0.1, -0.05) is 32.0 Å². The molecule has 25 heavy (non-hydrogen) atoms. The first-order valence-corrected chi connectivity index (χ1v) is 9.77. The van der Waals surface area contributed by atoms with Gasteiger partial charge in [0.15, 0.2) is 12.1 Å². The third-order valence-corrected chi connectivity index (χ3v) is 7.12. The monoisotopic (exact) mass is 344 g/mol. The van der Waals surface area contributed by atoms with Gasteiger partial charge in [-0.05, 0) is 50.2 Å². The van der Waals surface area contributed by atoms with Crippen molar-refractivity contribution in [2.45, 2.75) is 70.4 Å². The molecule has 1 spiro atoms. The summed E-state index contributed by atoms with van der Waals surface area (Å²) >= 11 is 0. The van der Waals surface area contributed by atoms with Gasteiger partial charge in [0.25, 0.3) is 0 Å². The molecule has 4 fully saturated rings. The second-order valence-electron chi connectivity index (χ2n) is 8.64.